The number of aromatic nitrogens is 3. The molecule has 166 valence electrons. The van der Waals surface area contributed by atoms with Gasteiger partial charge in [-0.25, -0.2) is 14.8 Å². The normalized spacial score (nSPS) is 20.3. The van der Waals surface area contributed by atoms with E-state index in [1.807, 2.05) is 6.92 Å². The van der Waals surface area contributed by atoms with Gasteiger partial charge in [0.25, 0.3) is 5.56 Å². The minimum absolute atomic E-state index is 0.0835. The van der Waals surface area contributed by atoms with Crippen LogP contribution in [-0.2, 0) is 0 Å². The summed E-state index contributed by atoms with van der Waals surface area (Å²) in [5.41, 5.74) is 0.962. The fourth-order valence-electron chi connectivity index (χ4n) is 4.32. The fourth-order valence-corrected chi connectivity index (χ4v) is 5.22. The summed E-state index contributed by atoms with van der Waals surface area (Å²) in [5.74, 6) is 0.780. The van der Waals surface area contributed by atoms with E-state index in [4.69, 9.17) is 28.2 Å². The number of nitrogens with one attached hydrogen (secondary N) is 1. The minimum Gasteiger partial charge on any atom is -0.476 e. The predicted octanol–water partition coefficient (Wildman–Crippen LogP) is 4.49. The molecule has 0 bridgehead atoms. The van der Waals surface area contributed by atoms with Gasteiger partial charge in [-0.3, -0.25) is 9.20 Å². The number of nitrogens with zero attached hydrogens (tertiary/aromatic N) is 4. The van der Waals surface area contributed by atoms with E-state index in [9.17, 15) is 14.7 Å². The van der Waals surface area contributed by atoms with Gasteiger partial charge in [0.2, 0.25) is 0 Å². The second-order valence-electron chi connectivity index (χ2n) is 8.22. The first-order valence-corrected chi connectivity index (χ1v) is 11.6. The van der Waals surface area contributed by atoms with Crippen LogP contribution < -0.4 is 15.8 Å². The van der Waals surface area contributed by atoms with Crippen molar-refractivity contribution in [1.82, 2.24) is 14.4 Å². The summed E-state index contributed by atoms with van der Waals surface area (Å²) in [7, 11) is 0. The highest BCUT2D eigenvalue weighted by Gasteiger charge is 2.46. The standard InChI is InChI=1S/C21H18BrCl2N5O3/c1-9(25-14-2-3-15(24)26-17(14)21(31)32)13-5-12(23)8-29-18(13)27-19(16(22)20(29)30)28-6-10-4-11(10)7-28/h2-3,5,8-11,25H,4,6-7H2,1H3,(H,31,32)/t9-,10?,11?/m1/s1. The van der Waals surface area contributed by atoms with Crippen LogP contribution in [0.1, 0.15) is 35.4 Å². The van der Waals surface area contributed by atoms with Crippen molar-refractivity contribution in [2.75, 3.05) is 23.3 Å². The van der Waals surface area contributed by atoms with Gasteiger partial charge in [-0.2, -0.15) is 0 Å². The van der Waals surface area contributed by atoms with Gasteiger partial charge in [0.15, 0.2) is 11.5 Å². The molecule has 3 atom stereocenters. The van der Waals surface area contributed by atoms with Crippen LogP contribution >= 0.6 is 39.1 Å². The quantitative estimate of drug-likeness (QED) is 0.462. The van der Waals surface area contributed by atoms with Gasteiger partial charge in [0, 0.05) is 24.8 Å². The van der Waals surface area contributed by atoms with Crippen LogP contribution in [0.25, 0.3) is 5.65 Å². The average Bonchev–Trinajstić information content (AvgIpc) is 3.36. The number of fused-ring (bicyclic) bond motifs is 2. The lowest BCUT2D eigenvalue weighted by molar-refractivity contribution is 0.0691. The van der Waals surface area contributed by atoms with Crippen molar-refractivity contribution >= 4 is 62.3 Å². The second kappa shape index (κ2) is 7.90. The summed E-state index contributed by atoms with van der Waals surface area (Å²) in [4.78, 5) is 35.6. The average molecular weight is 539 g/mol. The van der Waals surface area contributed by atoms with E-state index < -0.39 is 12.0 Å². The van der Waals surface area contributed by atoms with Crippen LogP contribution in [0, 0.1) is 11.8 Å². The monoisotopic (exact) mass is 537 g/mol. The molecule has 2 aliphatic rings. The number of hydrogen-bond acceptors (Lipinski definition) is 6. The number of carbonyl (C=O) groups is 1. The first-order chi connectivity index (χ1) is 15.2. The van der Waals surface area contributed by atoms with Crippen molar-refractivity contribution in [2.45, 2.75) is 19.4 Å². The highest BCUT2D eigenvalue weighted by molar-refractivity contribution is 9.10. The smallest absolute Gasteiger partial charge is 0.356 e. The molecule has 1 aliphatic heterocycles. The number of carboxylic acids is 1. The first-order valence-electron chi connectivity index (χ1n) is 10.1. The Morgan fingerprint density at radius 1 is 1.28 bits per heavy atom. The molecule has 5 rings (SSSR count). The van der Waals surface area contributed by atoms with Crippen molar-refractivity contribution < 1.29 is 9.90 Å². The molecule has 2 N–H and O–H groups in total. The molecule has 0 radical (unpaired) electrons. The number of carboxylic acid groups (broad SMARTS) is 1. The molecule has 0 aromatic carbocycles. The molecular formula is C21H18BrCl2N5O3. The number of anilines is 2. The molecule has 11 heteroatoms. The van der Waals surface area contributed by atoms with Gasteiger partial charge in [-0.1, -0.05) is 23.2 Å². The molecule has 8 nitrogen and oxygen atoms in total. The largest absolute Gasteiger partial charge is 0.476 e. The summed E-state index contributed by atoms with van der Waals surface area (Å²) in [6.07, 6.45) is 2.77. The van der Waals surface area contributed by atoms with E-state index in [-0.39, 0.29) is 16.4 Å². The summed E-state index contributed by atoms with van der Waals surface area (Å²) in [5, 5.41) is 13.1. The summed E-state index contributed by atoms with van der Waals surface area (Å²) in [6.45, 7) is 3.62. The Morgan fingerprint density at radius 3 is 2.69 bits per heavy atom. The number of halogens is 3. The maximum Gasteiger partial charge on any atom is 0.356 e. The molecule has 4 heterocycles. The number of pyridine rings is 2. The maximum atomic E-state index is 13.1. The van der Waals surface area contributed by atoms with Crippen molar-refractivity contribution in [2.24, 2.45) is 11.8 Å². The number of aromatic carboxylic acids is 1. The SMILES string of the molecule is C[C@@H](Nc1ccc(Cl)nc1C(=O)O)c1cc(Cl)cn2c(=O)c(Br)c(N3CC4CC4C3)nc12. The Kier molecular flexibility index (Phi) is 5.30. The van der Waals surface area contributed by atoms with Crippen molar-refractivity contribution in [3.05, 3.63) is 60.7 Å². The maximum absolute atomic E-state index is 13.1. The van der Waals surface area contributed by atoms with Crippen LogP contribution in [0.5, 0.6) is 0 Å². The molecule has 2 fully saturated rings. The zero-order valence-corrected chi connectivity index (χ0v) is 19.9. The molecule has 3 aromatic heterocycles. The van der Waals surface area contributed by atoms with Crippen molar-refractivity contribution in [1.29, 1.82) is 0 Å². The Morgan fingerprint density at radius 2 is 2.00 bits per heavy atom. The van der Waals surface area contributed by atoms with Gasteiger partial charge in [0.1, 0.15) is 15.3 Å². The Labute approximate surface area is 201 Å². The lowest BCUT2D eigenvalue weighted by Crippen LogP contribution is -2.28. The van der Waals surface area contributed by atoms with E-state index in [1.165, 1.54) is 23.1 Å². The van der Waals surface area contributed by atoms with E-state index in [2.05, 4.69) is 31.1 Å². The Balaban J connectivity index is 1.60. The zero-order chi connectivity index (χ0) is 22.7. The predicted molar refractivity (Wildman–Crippen MR) is 126 cm³/mol. The number of hydrogen-bond donors (Lipinski definition) is 2. The topological polar surface area (TPSA) is 99.8 Å². The molecule has 3 aromatic rings. The third-order valence-corrected chi connectivity index (χ3v) is 7.14. The molecule has 1 aliphatic carbocycles. The number of rotatable bonds is 5. The van der Waals surface area contributed by atoms with Crippen LogP contribution in [0.2, 0.25) is 10.2 Å². The van der Waals surface area contributed by atoms with Gasteiger partial charge in [-0.05, 0) is 59.3 Å². The second-order valence-corrected chi connectivity index (χ2v) is 9.84. The van der Waals surface area contributed by atoms with E-state index in [1.54, 1.807) is 12.1 Å². The van der Waals surface area contributed by atoms with Gasteiger partial charge >= 0.3 is 5.97 Å². The number of piperidine rings is 1. The molecule has 32 heavy (non-hydrogen) atoms. The summed E-state index contributed by atoms with van der Waals surface area (Å²) < 4.78 is 1.82. The minimum atomic E-state index is -1.20. The van der Waals surface area contributed by atoms with Crippen LogP contribution in [0.3, 0.4) is 0 Å². The Hall–Kier alpha value is -2.36. The summed E-state index contributed by atoms with van der Waals surface area (Å²) in [6, 6.07) is 4.36. The third-order valence-electron chi connectivity index (χ3n) is 6.03. The summed E-state index contributed by atoms with van der Waals surface area (Å²) >= 11 is 15.6. The van der Waals surface area contributed by atoms with E-state index in [0.717, 1.165) is 13.1 Å². The zero-order valence-electron chi connectivity index (χ0n) is 16.8. The Bertz CT molecular complexity index is 1320. The highest BCUT2D eigenvalue weighted by Crippen LogP contribution is 2.46. The van der Waals surface area contributed by atoms with Crippen LogP contribution in [-0.4, -0.2) is 38.5 Å². The van der Waals surface area contributed by atoms with E-state index in [0.29, 0.717) is 44.0 Å². The van der Waals surface area contributed by atoms with E-state index >= 15 is 0 Å². The van der Waals surface area contributed by atoms with Gasteiger partial charge in [-0.15, -0.1) is 0 Å². The fraction of sp³-hybridized carbons (Fsp3) is 0.333. The molecule has 1 saturated carbocycles. The van der Waals surface area contributed by atoms with Crippen molar-refractivity contribution in [3.63, 3.8) is 0 Å². The van der Waals surface area contributed by atoms with Crippen LogP contribution in [0.15, 0.2) is 33.7 Å². The van der Waals surface area contributed by atoms with Gasteiger partial charge < -0.3 is 15.3 Å². The van der Waals surface area contributed by atoms with Gasteiger partial charge in [0.05, 0.1) is 16.8 Å². The lowest BCUT2D eigenvalue weighted by Gasteiger charge is -2.23. The van der Waals surface area contributed by atoms with Crippen molar-refractivity contribution in [3.8, 4) is 0 Å². The highest BCUT2D eigenvalue weighted by atomic mass is 79.9. The molecular weight excluding hydrogens is 521 g/mol. The first kappa shape index (κ1) is 21.5. The molecule has 2 unspecified atom stereocenters. The molecule has 1 saturated heterocycles. The lowest BCUT2D eigenvalue weighted by atomic mass is 10.1. The van der Waals surface area contributed by atoms with Crippen LogP contribution in [0.4, 0.5) is 11.5 Å². The third kappa shape index (κ3) is 3.72. The molecule has 0 spiro atoms. The molecule has 0 amide bonds.